The molecule has 8 nitrogen and oxygen atoms in total. The van der Waals surface area contributed by atoms with E-state index in [-0.39, 0.29) is 22.6 Å². The summed E-state index contributed by atoms with van der Waals surface area (Å²) in [5.74, 6) is -5.79. The quantitative estimate of drug-likeness (QED) is 0.388. The van der Waals surface area contributed by atoms with Crippen LogP contribution in [0.15, 0.2) is 60.7 Å². The molecule has 1 fully saturated rings. The van der Waals surface area contributed by atoms with E-state index >= 15 is 0 Å². The van der Waals surface area contributed by atoms with Crippen LogP contribution < -0.4 is 16.0 Å². The molecule has 0 spiro atoms. The molecule has 2 atom stereocenters. The van der Waals surface area contributed by atoms with Gasteiger partial charge in [0.1, 0.15) is 11.7 Å². The van der Waals surface area contributed by atoms with Gasteiger partial charge in [0.05, 0.1) is 22.9 Å². The van der Waals surface area contributed by atoms with E-state index in [2.05, 4.69) is 5.32 Å². The molecule has 8 heteroatoms. The van der Waals surface area contributed by atoms with Crippen molar-refractivity contribution in [2.75, 3.05) is 10.2 Å². The van der Waals surface area contributed by atoms with Gasteiger partial charge < -0.3 is 16.2 Å². The Hall–Kier alpha value is -4.46. The van der Waals surface area contributed by atoms with Crippen LogP contribution in [-0.2, 0) is 14.4 Å². The lowest BCUT2D eigenvalue weighted by Gasteiger charge is -2.20. The van der Waals surface area contributed by atoms with Gasteiger partial charge in [0.2, 0.25) is 17.7 Å². The van der Waals surface area contributed by atoms with Crippen LogP contribution in [0.3, 0.4) is 0 Å². The van der Waals surface area contributed by atoms with Gasteiger partial charge in [-0.05, 0) is 50.1 Å². The van der Waals surface area contributed by atoms with Gasteiger partial charge in [-0.2, -0.15) is 0 Å². The number of nitrogens with one attached hydrogen (secondary N) is 1. The third kappa shape index (κ3) is 4.14. The SMILES string of the molecule is Cc1ccc(O)c(C2C(=O)N(c3c(C)cccc3C)C(=O)C2C(=O)Nc2ccccc2C(N)=O)c1. The average molecular weight is 472 g/mol. The minimum Gasteiger partial charge on any atom is -0.508 e. The standard InChI is InChI=1S/C27H25N3O5/c1-14-11-12-20(31)18(13-14)21-22(25(33)29-19-10-5-4-9-17(19)24(28)32)27(35)30(26(21)34)23-15(2)7-6-8-16(23)3/h4-13,21-22,31H,1-3H3,(H2,28,32)(H,29,33). The Bertz CT molecular complexity index is 1360. The molecular formula is C27H25N3O5. The number of carbonyl (C=O) groups excluding carboxylic acids is 4. The van der Waals surface area contributed by atoms with Gasteiger partial charge in [-0.25, -0.2) is 4.90 Å². The number of amides is 4. The second kappa shape index (κ2) is 9.06. The first-order valence-electron chi connectivity index (χ1n) is 11.0. The molecule has 1 saturated heterocycles. The number of hydrogen-bond donors (Lipinski definition) is 3. The van der Waals surface area contributed by atoms with Crippen molar-refractivity contribution in [3.05, 3.63) is 88.5 Å². The Balaban J connectivity index is 1.85. The number of hydrogen-bond acceptors (Lipinski definition) is 5. The predicted octanol–water partition coefficient (Wildman–Crippen LogP) is 3.33. The zero-order chi connectivity index (χ0) is 25.4. The number of imide groups is 1. The minimum atomic E-state index is -1.48. The molecule has 4 amide bonds. The topological polar surface area (TPSA) is 130 Å². The Labute approximate surface area is 202 Å². The summed E-state index contributed by atoms with van der Waals surface area (Å²) in [6.07, 6.45) is 0. The maximum absolute atomic E-state index is 13.8. The smallest absolute Gasteiger partial charge is 0.250 e. The van der Waals surface area contributed by atoms with Crippen molar-refractivity contribution in [3.8, 4) is 5.75 Å². The van der Waals surface area contributed by atoms with Crippen LogP contribution in [-0.4, -0.2) is 28.7 Å². The Morgan fingerprint density at radius 1 is 0.914 bits per heavy atom. The highest BCUT2D eigenvalue weighted by atomic mass is 16.3. The molecule has 1 aliphatic rings. The van der Waals surface area contributed by atoms with E-state index in [9.17, 15) is 24.3 Å². The molecule has 1 aliphatic heterocycles. The van der Waals surface area contributed by atoms with Crippen molar-refractivity contribution in [1.82, 2.24) is 0 Å². The van der Waals surface area contributed by atoms with Crippen LogP contribution in [0, 0.1) is 26.7 Å². The van der Waals surface area contributed by atoms with Crippen molar-refractivity contribution in [3.63, 3.8) is 0 Å². The molecule has 0 saturated carbocycles. The zero-order valence-electron chi connectivity index (χ0n) is 19.5. The van der Waals surface area contributed by atoms with E-state index < -0.39 is 35.5 Å². The van der Waals surface area contributed by atoms with Gasteiger partial charge in [0.15, 0.2) is 0 Å². The zero-order valence-corrected chi connectivity index (χ0v) is 19.5. The van der Waals surface area contributed by atoms with E-state index in [1.165, 1.54) is 18.2 Å². The normalized spacial score (nSPS) is 17.5. The number of benzene rings is 3. The minimum absolute atomic E-state index is 0.0687. The summed E-state index contributed by atoms with van der Waals surface area (Å²) in [4.78, 5) is 53.9. The highest BCUT2D eigenvalue weighted by Crippen LogP contribution is 2.43. The highest BCUT2D eigenvalue weighted by Gasteiger charge is 2.54. The van der Waals surface area contributed by atoms with Crippen LogP contribution >= 0.6 is 0 Å². The van der Waals surface area contributed by atoms with E-state index in [1.54, 1.807) is 57.2 Å². The lowest BCUT2D eigenvalue weighted by Crippen LogP contribution is -2.35. The summed E-state index contributed by atoms with van der Waals surface area (Å²) in [5.41, 5.74) is 8.35. The average Bonchev–Trinajstić information content (AvgIpc) is 3.06. The molecule has 1 heterocycles. The number of rotatable bonds is 5. The number of para-hydroxylation sites is 2. The van der Waals surface area contributed by atoms with E-state index in [0.717, 1.165) is 10.5 Å². The summed E-state index contributed by atoms with van der Waals surface area (Å²) >= 11 is 0. The van der Waals surface area contributed by atoms with Gasteiger partial charge in [-0.1, -0.05) is 48.0 Å². The fraction of sp³-hybridized carbons (Fsp3) is 0.185. The molecule has 3 aromatic carbocycles. The van der Waals surface area contributed by atoms with Gasteiger partial charge in [-0.15, -0.1) is 0 Å². The van der Waals surface area contributed by atoms with E-state index in [0.29, 0.717) is 16.8 Å². The molecule has 4 N–H and O–H groups in total. The first kappa shape index (κ1) is 23.7. The summed E-state index contributed by atoms with van der Waals surface area (Å²) in [7, 11) is 0. The number of nitrogens with two attached hydrogens (primary N) is 1. The van der Waals surface area contributed by atoms with Crippen LogP contribution in [0.4, 0.5) is 11.4 Å². The first-order chi connectivity index (χ1) is 16.6. The number of anilines is 2. The third-order valence-corrected chi connectivity index (χ3v) is 6.22. The summed E-state index contributed by atoms with van der Waals surface area (Å²) in [6, 6.07) is 16.2. The van der Waals surface area contributed by atoms with Crippen molar-refractivity contribution in [2.45, 2.75) is 26.7 Å². The van der Waals surface area contributed by atoms with Gasteiger partial charge in [0.25, 0.3) is 5.91 Å². The van der Waals surface area contributed by atoms with Gasteiger partial charge in [0, 0.05) is 5.56 Å². The van der Waals surface area contributed by atoms with Crippen LogP contribution in [0.5, 0.6) is 5.75 Å². The summed E-state index contributed by atoms with van der Waals surface area (Å²) in [5, 5.41) is 13.2. The Morgan fingerprint density at radius 2 is 1.57 bits per heavy atom. The lowest BCUT2D eigenvalue weighted by atomic mass is 9.86. The van der Waals surface area contributed by atoms with Crippen LogP contribution in [0.2, 0.25) is 0 Å². The molecule has 0 radical (unpaired) electrons. The maximum atomic E-state index is 13.8. The van der Waals surface area contributed by atoms with Crippen molar-refractivity contribution < 1.29 is 24.3 Å². The molecule has 0 bridgehead atoms. The molecule has 3 aromatic rings. The molecule has 178 valence electrons. The first-order valence-corrected chi connectivity index (χ1v) is 11.0. The van der Waals surface area contributed by atoms with Crippen LogP contribution in [0.1, 0.15) is 38.5 Å². The number of aryl methyl sites for hydroxylation is 3. The molecule has 4 rings (SSSR count). The fourth-order valence-electron chi connectivity index (χ4n) is 4.57. The van der Waals surface area contributed by atoms with Gasteiger partial charge in [-0.3, -0.25) is 19.2 Å². The number of nitrogens with zero attached hydrogens (tertiary/aromatic N) is 1. The molecule has 2 unspecified atom stereocenters. The second-order valence-electron chi connectivity index (χ2n) is 8.67. The predicted molar refractivity (Wildman–Crippen MR) is 131 cm³/mol. The second-order valence-corrected chi connectivity index (χ2v) is 8.67. The van der Waals surface area contributed by atoms with Crippen molar-refractivity contribution in [1.29, 1.82) is 0 Å². The maximum Gasteiger partial charge on any atom is 0.250 e. The van der Waals surface area contributed by atoms with Crippen molar-refractivity contribution in [2.24, 2.45) is 11.7 Å². The Kier molecular flexibility index (Phi) is 6.13. The summed E-state index contributed by atoms with van der Waals surface area (Å²) < 4.78 is 0. The monoisotopic (exact) mass is 471 g/mol. The molecular weight excluding hydrogens is 446 g/mol. The molecule has 0 aliphatic carbocycles. The van der Waals surface area contributed by atoms with Crippen LogP contribution in [0.25, 0.3) is 0 Å². The number of phenolic OH excluding ortho intramolecular Hbond substituents is 1. The van der Waals surface area contributed by atoms with E-state index in [4.69, 9.17) is 5.73 Å². The third-order valence-electron chi connectivity index (χ3n) is 6.22. The number of primary amides is 1. The summed E-state index contributed by atoms with van der Waals surface area (Å²) in [6.45, 7) is 5.34. The lowest BCUT2D eigenvalue weighted by molar-refractivity contribution is -0.129. The Morgan fingerprint density at radius 3 is 2.23 bits per heavy atom. The fourth-order valence-corrected chi connectivity index (χ4v) is 4.57. The number of phenols is 1. The largest absolute Gasteiger partial charge is 0.508 e. The number of aromatic hydroxyl groups is 1. The molecule has 35 heavy (non-hydrogen) atoms. The van der Waals surface area contributed by atoms with Gasteiger partial charge >= 0.3 is 0 Å². The highest BCUT2D eigenvalue weighted by molar-refractivity contribution is 6.31. The molecule has 0 aromatic heterocycles. The number of carbonyl (C=O) groups is 4. The van der Waals surface area contributed by atoms with Crippen molar-refractivity contribution >= 4 is 35.0 Å². The van der Waals surface area contributed by atoms with E-state index in [1.807, 2.05) is 6.07 Å².